The number of carbonyl (C=O) groups is 1. The molecular formula is C13H11ClN2O3. The van der Waals surface area contributed by atoms with Crippen molar-refractivity contribution >= 4 is 17.5 Å². The van der Waals surface area contributed by atoms with E-state index in [4.69, 9.17) is 26.8 Å². The van der Waals surface area contributed by atoms with Gasteiger partial charge in [-0.05, 0) is 18.2 Å². The standard InChI is InChI=1S/C13H11ClN2O3/c1-18-9-3-2-4-10(6-9)19-13-11(14)5-8(7-16-13)12(15)17/h2-7H,1H3,(H2,15,17). The highest BCUT2D eigenvalue weighted by molar-refractivity contribution is 6.32. The minimum Gasteiger partial charge on any atom is -0.497 e. The predicted molar refractivity (Wildman–Crippen MR) is 70.8 cm³/mol. The number of ether oxygens (including phenoxy) is 2. The Balaban J connectivity index is 2.25. The molecule has 98 valence electrons. The summed E-state index contributed by atoms with van der Waals surface area (Å²) in [5.41, 5.74) is 5.35. The summed E-state index contributed by atoms with van der Waals surface area (Å²) in [6.07, 6.45) is 1.31. The Bertz CT molecular complexity index is 617. The van der Waals surface area contributed by atoms with Crippen molar-refractivity contribution in [3.63, 3.8) is 0 Å². The monoisotopic (exact) mass is 278 g/mol. The number of rotatable bonds is 4. The van der Waals surface area contributed by atoms with Gasteiger partial charge in [0.25, 0.3) is 0 Å². The van der Waals surface area contributed by atoms with Crippen molar-refractivity contribution in [2.75, 3.05) is 7.11 Å². The number of hydrogen-bond donors (Lipinski definition) is 1. The Hall–Kier alpha value is -2.27. The summed E-state index contributed by atoms with van der Waals surface area (Å²) < 4.78 is 10.6. The largest absolute Gasteiger partial charge is 0.497 e. The molecule has 1 aromatic carbocycles. The van der Waals surface area contributed by atoms with E-state index < -0.39 is 5.91 Å². The van der Waals surface area contributed by atoms with Gasteiger partial charge in [-0.2, -0.15) is 0 Å². The number of primary amides is 1. The molecule has 0 fully saturated rings. The van der Waals surface area contributed by atoms with Gasteiger partial charge in [-0.3, -0.25) is 4.79 Å². The predicted octanol–water partition coefficient (Wildman–Crippen LogP) is 2.63. The molecular weight excluding hydrogens is 268 g/mol. The van der Waals surface area contributed by atoms with E-state index in [1.54, 1.807) is 31.4 Å². The van der Waals surface area contributed by atoms with E-state index in [2.05, 4.69) is 4.98 Å². The zero-order valence-corrected chi connectivity index (χ0v) is 10.8. The average Bonchev–Trinajstić information content (AvgIpc) is 2.41. The van der Waals surface area contributed by atoms with E-state index in [1.807, 2.05) is 0 Å². The summed E-state index contributed by atoms with van der Waals surface area (Å²) in [4.78, 5) is 14.9. The molecule has 6 heteroatoms. The number of pyridine rings is 1. The van der Waals surface area contributed by atoms with Crippen LogP contribution in [0.2, 0.25) is 5.02 Å². The van der Waals surface area contributed by atoms with Crippen molar-refractivity contribution in [1.29, 1.82) is 0 Å². The SMILES string of the molecule is COc1cccc(Oc2ncc(C(N)=O)cc2Cl)c1. The normalized spacial score (nSPS) is 10.0. The highest BCUT2D eigenvalue weighted by atomic mass is 35.5. The Labute approximate surface area is 114 Å². The van der Waals surface area contributed by atoms with Gasteiger partial charge in [0.1, 0.15) is 16.5 Å². The first kappa shape index (κ1) is 13.2. The molecule has 0 aliphatic rings. The third-order valence-electron chi connectivity index (χ3n) is 2.35. The van der Waals surface area contributed by atoms with Crippen molar-refractivity contribution in [2.45, 2.75) is 0 Å². The van der Waals surface area contributed by atoms with Crippen LogP contribution in [0, 0.1) is 0 Å². The minimum atomic E-state index is -0.595. The van der Waals surface area contributed by atoms with Crippen LogP contribution in [-0.2, 0) is 0 Å². The molecule has 0 saturated heterocycles. The lowest BCUT2D eigenvalue weighted by molar-refractivity contribution is 0.1000. The number of methoxy groups -OCH3 is 1. The molecule has 0 aliphatic carbocycles. The molecule has 0 radical (unpaired) electrons. The lowest BCUT2D eigenvalue weighted by Gasteiger charge is -2.08. The number of benzene rings is 1. The topological polar surface area (TPSA) is 74.4 Å². The molecule has 5 nitrogen and oxygen atoms in total. The Morgan fingerprint density at radius 3 is 2.68 bits per heavy atom. The first-order chi connectivity index (χ1) is 9.10. The second-order valence-corrected chi connectivity index (χ2v) is 4.06. The third-order valence-corrected chi connectivity index (χ3v) is 2.62. The first-order valence-corrected chi connectivity index (χ1v) is 5.75. The molecule has 1 amide bonds. The van der Waals surface area contributed by atoms with Crippen molar-refractivity contribution in [1.82, 2.24) is 4.98 Å². The van der Waals surface area contributed by atoms with Gasteiger partial charge < -0.3 is 15.2 Å². The van der Waals surface area contributed by atoms with Crippen LogP contribution in [0.4, 0.5) is 0 Å². The molecule has 0 bridgehead atoms. The van der Waals surface area contributed by atoms with E-state index in [0.29, 0.717) is 11.5 Å². The zero-order chi connectivity index (χ0) is 13.8. The van der Waals surface area contributed by atoms with Gasteiger partial charge in [0, 0.05) is 12.3 Å². The van der Waals surface area contributed by atoms with Crippen LogP contribution in [0.5, 0.6) is 17.4 Å². The van der Waals surface area contributed by atoms with Crippen LogP contribution in [0.3, 0.4) is 0 Å². The maximum Gasteiger partial charge on any atom is 0.250 e. The first-order valence-electron chi connectivity index (χ1n) is 5.37. The van der Waals surface area contributed by atoms with Crippen molar-refractivity contribution < 1.29 is 14.3 Å². The molecule has 0 aliphatic heterocycles. The molecule has 0 spiro atoms. The second kappa shape index (κ2) is 5.58. The van der Waals surface area contributed by atoms with Crippen LogP contribution in [-0.4, -0.2) is 18.0 Å². The summed E-state index contributed by atoms with van der Waals surface area (Å²) in [6.45, 7) is 0. The van der Waals surface area contributed by atoms with Gasteiger partial charge in [0.2, 0.25) is 11.8 Å². The number of halogens is 1. The molecule has 1 aromatic heterocycles. The van der Waals surface area contributed by atoms with E-state index in [9.17, 15) is 4.79 Å². The molecule has 0 atom stereocenters. The number of carbonyl (C=O) groups excluding carboxylic acids is 1. The fourth-order valence-corrected chi connectivity index (χ4v) is 1.62. The zero-order valence-electron chi connectivity index (χ0n) is 10.1. The van der Waals surface area contributed by atoms with Gasteiger partial charge in [-0.25, -0.2) is 4.98 Å². The fraction of sp³-hybridized carbons (Fsp3) is 0.0769. The number of aromatic nitrogens is 1. The molecule has 19 heavy (non-hydrogen) atoms. The molecule has 2 N–H and O–H groups in total. The maximum atomic E-state index is 11.0. The maximum absolute atomic E-state index is 11.0. The molecule has 2 aromatic rings. The smallest absolute Gasteiger partial charge is 0.250 e. The van der Waals surface area contributed by atoms with Gasteiger partial charge in [0.15, 0.2) is 0 Å². The second-order valence-electron chi connectivity index (χ2n) is 3.66. The lowest BCUT2D eigenvalue weighted by atomic mass is 10.3. The van der Waals surface area contributed by atoms with Crippen LogP contribution in [0.25, 0.3) is 0 Å². The lowest BCUT2D eigenvalue weighted by Crippen LogP contribution is -2.11. The number of amides is 1. The summed E-state index contributed by atoms with van der Waals surface area (Å²) in [7, 11) is 1.56. The van der Waals surface area contributed by atoms with Gasteiger partial charge in [0.05, 0.1) is 12.7 Å². The third kappa shape index (κ3) is 3.14. The van der Waals surface area contributed by atoms with Crippen LogP contribution >= 0.6 is 11.6 Å². The van der Waals surface area contributed by atoms with Gasteiger partial charge in [-0.15, -0.1) is 0 Å². The summed E-state index contributed by atoms with van der Waals surface area (Å²) in [5, 5.41) is 0.208. The summed E-state index contributed by atoms with van der Waals surface area (Å²) in [5.74, 6) is 0.783. The Kier molecular flexibility index (Phi) is 3.87. The number of nitrogens with zero attached hydrogens (tertiary/aromatic N) is 1. The van der Waals surface area contributed by atoms with Crippen LogP contribution in [0.1, 0.15) is 10.4 Å². The Morgan fingerprint density at radius 2 is 2.05 bits per heavy atom. The molecule has 0 saturated carbocycles. The van der Waals surface area contributed by atoms with E-state index in [-0.39, 0.29) is 16.5 Å². The summed E-state index contributed by atoms with van der Waals surface area (Å²) >= 11 is 5.97. The van der Waals surface area contributed by atoms with Gasteiger partial charge in [-0.1, -0.05) is 17.7 Å². The number of nitrogens with two attached hydrogens (primary N) is 1. The van der Waals surface area contributed by atoms with Crippen molar-refractivity contribution in [2.24, 2.45) is 5.73 Å². The fourth-order valence-electron chi connectivity index (χ4n) is 1.41. The van der Waals surface area contributed by atoms with Crippen LogP contribution < -0.4 is 15.2 Å². The highest BCUT2D eigenvalue weighted by Gasteiger charge is 2.09. The van der Waals surface area contributed by atoms with Crippen LogP contribution in [0.15, 0.2) is 36.5 Å². The van der Waals surface area contributed by atoms with Crippen molar-refractivity contribution in [3.05, 3.63) is 47.1 Å². The molecule has 1 heterocycles. The Morgan fingerprint density at radius 1 is 1.32 bits per heavy atom. The van der Waals surface area contributed by atoms with Gasteiger partial charge >= 0.3 is 0 Å². The highest BCUT2D eigenvalue weighted by Crippen LogP contribution is 2.29. The number of hydrogen-bond acceptors (Lipinski definition) is 4. The summed E-state index contributed by atoms with van der Waals surface area (Å²) in [6, 6.07) is 8.41. The van der Waals surface area contributed by atoms with E-state index in [0.717, 1.165) is 0 Å². The molecule has 2 rings (SSSR count). The van der Waals surface area contributed by atoms with Crippen molar-refractivity contribution in [3.8, 4) is 17.4 Å². The quantitative estimate of drug-likeness (QED) is 0.933. The molecule has 0 unspecified atom stereocenters. The average molecular weight is 279 g/mol. The van der Waals surface area contributed by atoms with E-state index in [1.165, 1.54) is 12.3 Å². The van der Waals surface area contributed by atoms with E-state index >= 15 is 0 Å². The minimum absolute atomic E-state index is 0.194.